The van der Waals surface area contributed by atoms with Gasteiger partial charge < -0.3 is 9.64 Å². The zero-order chi connectivity index (χ0) is 15.7. The van der Waals surface area contributed by atoms with E-state index in [1.807, 2.05) is 34.7 Å². The molecular weight excluding hydrogens is 274 g/mol. The fraction of sp³-hybridized carbons (Fsp3) is 0.714. The van der Waals surface area contributed by atoms with Gasteiger partial charge in [0.1, 0.15) is 12.3 Å². The number of rotatable bonds is 1. The lowest BCUT2D eigenvalue weighted by molar-refractivity contribution is 0.0827. The summed E-state index contributed by atoms with van der Waals surface area (Å²) in [6.07, 6.45) is 0. The van der Waals surface area contributed by atoms with Crippen LogP contribution in [0.15, 0.2) is 0 Å². The van der Waals surface area contributed by atoms with Crippen LogP contribution in [0.2, 0.25) is 0 Å². The quantitative estimate of drug-likeness (QED) is 0.800. The Labute approximate surface area is 126 Å². The van der Waals surface area contributed by atoms with E-state index in [1.54, 1.807) is 14.1 Å². The molecule has 6 heteroatoms. The molecule has 1 aliphatic rings. The first kappa shape index (κ1) is 18.9. The minimum absolute atomic E-state index is 0.0654. The molecule has 5 nitrogen and oxygen atoms in total. The Balaban J connectivity index is 0.000000829. The molecule has 0 radical (unpaired) electrons. The molecule has 0 fully saturated rings. The molecular formula is C14H27N3O2S. The van der Waals surface area contributed by atoms with Crippen LogP contribution in [0, 0.1) is 0 Å². The molecule has 0 saturated heterocycles. The lowest BCUT2D eigenvalue weighted by Gasteiger charge is -2.10. The number of fused-ring (bicyclic) bond motifs is 1. The van der Waals surface area contributed by atoms with Crippen molar-refractivity contribution in [3.8, 4) is 5.06 Å². The van der Waals surface area contributed by atoms with Crippen molar-refractivity contribution in [2.75, 3.05) is 34.3 Å². The van der Waals surface area contributed by atoms with E-state index in [1.165, 1.54) is 16.2 Å². The van der Waals surface area contributed by atoms with E-state index in [-0.39, 0.29) is 5.91 Å². The van der Waals surface area contributed by atoms with Gasteiger partial charge in [-0.05, 0) is 7.05 Å². The van der Waals surface area contributed by atoms with Gasteiger partial charge in [0.25, 0.3) is 5.91 Å². The van der Waals surface area contributed by atoms with E-state index < -0.39 is 0 Å². The van der Waals surface area contributed by atoms with Gasteiger partial charge in [0.05, 0.1) is 0 Å². The van der Waals surface area contributed by atoms with E-state index in [2.05, 4.69) is 9.88 Å². The molecule has 0 aromatic carbocycles. The second-order valence-corrected chi connectivity index (χ2v) is 5.00. The predicted octanol–water partition coefficient (Wildman–Crippen LogP) is 2.72. The van der Waals surface area contributed by atoms with Crippen molar-refractivity contribution in [2.45, 2.75) is 34.2 Å². The van der Waals surface area contributed by atoms with E-state index in [0.717, 1.165) is 23.8 Å². The summed E-state index contributed by atoms with van der Waals surface area (Å²) in [6, 6.07) is 0. The summed E-state index contributed by atoms with van der Waals surface area (Å²) >= 11 is 1.34. The largest absolute Gasteiger partial charge is 0.481 e. The van der Waals surface area contributed by atoms with Gasteiger partial charge in [-0.1, -0.05) is 39.0 Å². The van der Waals surface area contributed by atoms with Gasteiger partial charge in [-0.15, -0.1) is 0 Å². The van der Waals surface area contributed by atoms with Crippen molar-refractivity contribution in [1.29, 1.82) is 0 Å². The second-order valence-electron chi connectivity index (χ2n) is 4.04. The summed E-state index contributed by atoms with van der Waals surface area (Å²) in [6.45, 7) is 10.3. The summed E-state index contributed by atoms with van der Waals surface area (Å²) in [5.74, 6) is -0.0654. The number of nitrogens with zero attached hydrogens (tertiary/aromatic N) is 3. The van der Waals surface area contributed by atoms with Crippen molar-refractivity contribution in [2.24, 2.45) is 0 Å². The summed E-state index contributed by atoms with van der Waals surface area (Å²) in [4.78, 5) is 19.7. The smallest absolute Gasteiger partial charge is 0.282 e. The molecule has 2 heterocycles. The maximum absolute atomic E-state index is 11.7. The molecule has 1 amide bonds. The third-order valence-corrected chi connectivity index (χ3v) is 3.37. The standard InChI is InChI=1S/C10H15N3O2S.2C2H6/c1-12(2)9(14)8-11-7-6-13(3)4-5-15-10(7)16-8;2*1-2/h4-6H2,1-3H3;2*1-2H3. The number of likely N-dealkylation sites (N-methyl/N-ethyl adjacent to an activating group) is 1. The van der Waals surface area contributed by atoms with E-state index in [9.17, 15) is 4.79 Å². The number of amides is 1. The molecule has 20 heavy (non-hydrogen) atoms. The molecule has 0 bridgehead atoms. The number of ether oxygens (including phenoxy) is 1. The van der Waals surface area contributed by atoms with Crippen LogP contribution in [0.3, 0.4) is 0 Å². The first-order valence-electron chi connectivity index (χ1n) is 7.10. The van der Waals surface area contributed by atoms with Crippen LogP contribution in [0.1, 0.15) is 43.2 Å². The maximum atomic E-state index is 11.7. The topological polar surface area (TPSA) is 45.7 Å². The highest BCUT2D eigenvalue weighted by Gasteiger charge is 2.21. The molecule has 116 valence electrons. The van der Waals surface area contributed by atoms with Crippen LogP contribution in [-0.2, 0) is 6.54 Å². The Bertz CT molecular complexity index is 405. The molecule has 2 rings (SSSR count). The van der Waals surface area contributed by atoms with E-state index >= 15 is 0 Å². The van der Waals surface area contributed by atoms with E-state index in [4.69, 9.17) is 4.74 Å². The fourth-order valence-electron chi connectivity index (χ4n) is 1.46. The third-order valence-electron chi connectivity index (χ3n) is 2.38. The Morgan fingerprint density at radius 3 is 2.45 bits per heavy atom. The first-order valence-corrected chi connectivity index (χ1v) is 7.92. The van der Waals surface area contributed by atoms with Crippen molar-refractivity contribution in [1.82, 2.24) is 14.8 Å². The van der Waals surface area contributed by atoms with Gasteiger partial charge in [-0.3, -0.25) is 9.69 Å². The highest BCUT2D eigenvalue weighted by molar-refractivity contribution is 7.15. The second kappa shape index (κ2) is 9.72. The molecule has 0 saturated carbocycles. The summed E-state index contributed by atoms with van der Waals surface area (Å²) < 4.78 is 5.57. The highest BCUT2D eigenvalue weighted by Crippen LogP contribution is 2.30. The Hall–Kier alpha value is -1.14. The van der Waals surface area contributed by atoms with Crippen LogP contribution >= 0.6 is 11.3 Å². The Kier molecular flexibility index (Phi) is 9.16. The average Bonchev–Trinajstić information content (AvgIpc) is 2.77. The maximum Gasteiger partial charge on any atom is 0.282 e. The molecule has 0 N–H and O–H groups in total. The van der Waals surface area contributed by atoms with Crippen molar-refractivity contribution >= 4 is 17.2 Å². The molecule has 0 unspecified atom stereocenters. The van der Waals surface area contributed by atoms with Crippen molar-refractivity contribution < 1.29 is 9.53 Å². The van der Waals surface area contributed by atoms with Gasteiger partial charge in [0.2, 0.25) is 0 Å². The van der Waals surface area contributed by atoms with Crippen molar-refractivity contribution in [3.63, 3.8) is 0 Å². The Morgan fingerprint density at radius 1 is 1.30 bits per heavy atom. The summed E-state index contributed by atoms with van der Waals surface area (Å²) in [5.41, 5.74) is 0.871. The zero-order valence-electron chi connectivity index (χ0n) is 13.7. The normalized spacial score (nSPS) is 13.6. The third kappa shape index (κ3) is 5.09. The highest BCUT2D eigenvalue weighted by atomic mass is 32.1. The monoisotopic (exact) mass is 301 g/mol. The van der Waals surface area contributed by atoms with Gasteiger partial charge in [0.15, 0.2) is 10.1 Å². The minimum Gasteiger partial charge on any atom is -0.481 e. The predicted molar refractivity (Wildman–Crippen MR) is 84.7 cm³/mol. The number of hydrogen-bond acceptors (Lipinski definition) is 5. The SMILES string of the molecule is CC.CC.CN1CCOc2sc(C(=O)N(C)C)nc2C1. The zero-order valence-corrected chi connectivity index (χ0v) is 14.5. The molecule has 1 aromatic rings. The summed E-state index contributed by atoms with van der Waals surface area (Å²) in [5, 5.41) is 1.29. The number of carbonyl (C=O) groups is 1. The van der Waals surface area contributed by atoms with Crippen LogP contribution in [0.25, 0.3) is 0 Å². The fourth-order valence-corrected chi connectivity index (χ4v) is 2.43. The van der Waals surface area contributed by atoms with Gasteiger partial charge in [0, 0.05) is 27.2 Å². The van der Waals surface area contributed by atoms with Gasteiger partial charge in [-0.25, -0.2) is 4.98 Å². The minimum atomic E-state index is -0.0654. The lowest BCUT2D eigenvalue weighted by Crippen LogP contribution is -2.23. The van der Waals surface area contributed by atoms with Crippen LogP contribution < -0.4 is 4.74 Å². The Morgan fingerprint density at radius 2 is 1.90 bits per heavy atom. The molecule has 1 aromatic heterocycles. The molecule has 0 atom stereocenters. The molecule has 0 aliphatic carbocycles. The number of thiazole rings is 1. The average molecular weight is 301 g/mol. The van der Waals surface area contributed by atoms with Crippen molar-refractivity contribution in [3.05, 3.63) is 10.7 Å². The lowest BCUT2D eigenvalue weighted by atomic mass is 10.4. The van der Waals surface area contributed by atoms with Gasteiger partial charge in [-0.2, -0.15) is 0 Å². The van der Waals surface area contributed by atoms with E-state index in [0.29, 0.717) is 11.6 Å². The molecule has 1 aliphatic heterocycles. The first-order chi connectivity index (χ1) is 9.58. The van der Waals surface area contributed by atoms with Crippen LogP contribution in [0.5, 0.6) is 5.06 Å². The number of carbonyl (C=O) groups excluding carboxylic acids is 1. The van der Waals surface area contributed by atoms with Crippen LogP contribution in [0.4, 0.5) is 0 Å². The molecule has 0 spiro atoms. The van der Waals surface area contributed by atoms with Crippen LogP contribution in [-0.4, -0.2) is 55.0 Å². The van der Waals surface area contributed by atoms with Gasteiger partial charge >= 0.3 is 0 Å². The summed E-state index contributed by atoms with van der Waals surface area (Å²) in [7, 11) is 5.47. The number of hydrogen-bond donors (Lipinski definition) is 0. The number of aromatic nitrogens is 1.